The molecule has 144 valence electrons. The van der Waals surface area contributed by atoms with Gasteiger partial charge < -0.3 is 4.90 Å². The lowest BCUT2D eigenvalue weighted by molar-refractivity contribution is -0.126. The van der Waals surface area contributed by atoms with Gasteiger partial charge in [-0.25, -0.2) is 4.98 Å². The lowest BCUT2D eigenvalue weighted by Crippen LogP contribution is -2.36. The summed E-state index contributed by atoms with van der Waals surface area (Å²) in [5, 5.41) is 0. The lowest BCUT2D eigenvalue weighted by Gasteiger charge is -2.31. The number of carbonyl (C=O) groups is 1. The molecule has 0 saturated heterocycles. The van der Waals surface area contributed by atoms with Crippen LogP contribution in [0.3, 0.4) is 0 Å². The van der Waals surface area contributed by atoms with Crippen LogP contribution in [-0.2, 0) is 11.2 Å². The molecule has 0 bridgehead atoms. The predicted molar refractivity (Wildman–Crippen MR) is 113 cm³/mol. The summed E-state index contributed by atoms with van der Waals surface area (Å²) < 4.78 is 1.96. The van der Waals surface area contributed by atoms with Gasteiger partial charge in [0.25, 0.3) is 0 Å². The van der Waals surface area contributed by atoms with E-state index in [1.165, 1.54) is 24.0 Å². The van der Waals surface area contributed by atoms with Crippen LogP contribution in [0.2, 0.25) is 0 Å². The van der Waals surface area contributed by atoms with Crippen molar-refractivity contribution in [3.05, 3.63) is 65.3 Å². The summed E-state index contributed by atoms with van der Waals surface area (Å²) in [6.45, 7) is 0.837. The van der Waals surface area contributed by atoms with Crippen LogP contribution in [0.4, 0.5) is 0 Å². The second-order valence-electron chi connectivity index (χ2n) is 7.68. The van der Waals surface area contributed by atoms with Crippen LogP contribution in [0, 0.1) is 0 Å². The number of hydrogen-bond acceptors (Lipinski definition) is 5. The molecule has 0 unspecified atom stereocenters. The SMILES string of the molecule is O=C1CN=C(n2cnc(C3CC3)c2)C=C2c3cccc(-c4cncs4)c3CCN12. The average Bonchev–Trinajstić information content (AvgIpc) is 3.28. The molecule has 1 saturated carbocycles. The van der Waals surface area contributed by atoms with E-state index in [1.807, 2.05) is 33.6 Å². The summed E-state index contributed by atoms with van der Waals surface area (Å²) in [5.74, 6) is 1.40. The molecule has 2 aliphatic heterocycles. The quantitative estimate of drug-likeness (QED) is 0.659. The molecular weight excluding hydrogens is 382 g/mol. The van der Waals surface area contributed by atoms with Crippen LogP contribution in [0.5, 0.6) is 0 Å². The molecule has 7 heteroatoms. The van der Waals surface area contributed by atoms with E-state index in [4.69, 9.17) is 0 Å². The minimum atomic E-state index is 0.0441. The first-order valence-electron chi connectivity index (χ1n) is 9.90. The highest BCUT2D eigenvalue weighted by Crippen LogP contribution is 2.39. The van der Waals surface area contributed by atoms with Gasteiger partial charge in [-0.2, -0.15) is 0 Å². The predicted octanol–water partition coefficient (Wildman–Crippen LogP) is 3.57. The highest BCUT2D eigenvalue weighted by atomic mass is 32.1. The minimum Gasteiger partial charge on any atom is -0.310 e. The molecule has 1 fully saturated rings. The smallest absolute Gasteiger partial charge is 0.248 e. The van der Waals surface area contributed by atoms with Crippen molar-refractivity contribution in [2.45, 2.75) is 25.2 Å². The number of carbonyl (C=O) groups excluding carboxylic acids is 1. The Labute approximate surface area is 172 Å². The number of rotatable bonds is 2. The van der Waals surface area contributed by atoms with Crippen molar-refractivity contribution in [2.24, 2.45) is 4.99 Å². The Kier molecular flexibility index (Phi) is 3.77. The van der Waals surface area contributed by atoms with Gasteiger partial charge in [-0.1, -0.05) is 18.2 Å². The molecule has 0 N–H and O–H groups in total. The molecule has 6 rings (SSSR count). The molecule has 29 heavy (non-hydrogen) atoms. The van der Waals surface area contributed by atoms with E-state index in [-0.39, 0.29) is 12.5 Å². The number of benzene rings is 1. The zero-order chi connectivity index (χ0) is 19.4. The number of hydrogen-bond donors (Lipinski definition) is 0. The van der Waals surface area contributed by atoms with Crippen LogP contribution in [0.15, 0.2) is 53.5 Å². The third-order valence-electron chi connectivity index (χ3n) is 5.83. The maximum Gasteiger partial charge on any atom is 0.248 e. The fourth-order valence-electron chi connectivity index (χ4n) is 4.19. The van der Waals surface area contributed by atoms with Gasteiger partial charge in [0.05, 0.1) is 21.8 Å². The Morgan fingerprint density at radius 1 is 1.17 bits per heavy atom. The Morgan fingerprint density at radius 3 is 2.90 bits per heavy atom. The highest BCUT2D eigenvalue weighted by Gasteiger charge is 2.30. The standard InChI is InChI=1S/C22H19N5OS/c28-22-10-24-21(26-11-18(25-12-26)14-4-5-14)8-19-16-2-1-3-17(20-9-23-13-29-20)15(16)6-7-27(19)22/h1-3,8-9,11-14H,4-7,10H2. The third kappa shape index (κ3) is 2.84. The average molecular weight is 401 g/mol. The van der Waals surface area contributed by atoms with Crippen LogP contribution in [-0.4, -0.2) is 44.3 Å². The van der Waals surface area contributed by atoms with Crippen molar-refractivity contribution >= 4 is 28.8 Å². The number of amides is 1. The summed E-state index contributed by atoms with van der Waals surface area (Å²) in [5.41, 5.74) is 7.50. The van der Waals surface area contributed by atoms with Crippen LogP contribution < -0.4 is 0 Å². The number of nitrogens with zero attached hydrogens (tertiary/aromatic N) is 5. The molecule has 4 heterocycles. The van der Waals surface area contributed by atoms with Gasteiger partial charge >= 0.3 is 0 Å². The number of thiazole rings is 1. The minimum absolute atomic E-state index is 0.0441. The Balaban J connectivity index is 1.47. The summed E-state index contributed by atoms with van der Waals surface area (Å²) in [4.78, 5) is 29.2. The second-order valence-corrected chi connectivity index (χ2v) is 8.56. The maximum atomic E-state index is 12.8. The van der Waals surface area contributed by atoms with Gasteiger partial charge in [0.1, 0.15) is 18.7 Å². The summed E-state index contributed by atoms with van der Waals surface area (Å²) >= 11 is 1.64. The summed E-state index contributed by atoms with van der Waals surface area (Å²) in [6.07, 6.45) is 11.1. The van der Waals surface area contributed by atoms with Crippen LogP contribution in [0.1, 0.15) is 35.6 Å². The van der Waals surface area contributed by atoms with Crippen molar-refractivity contribution in [3.8, 4) is 10.4 Å². The largest absolute Gasteiger partial charge is 0.310 e. The second kappa shape index (κ2) is 6.49. The van der Waals surface area contributed by atoms with Crippen molar-refractivity contribution in [2.75, 3.05) is 13.1 Å². The number of allylic oxidation sites excluding steroid dienone is 1. The topological polar surface area (TPSA) is 63.4 Å². The van der Waals surface area contributed by atoms with Gasteiger partial charge in [0.2, 0.25) is 5.91 Å². The monoisotopic (exact) mass is 401 g/mol. The molecule has 3 aromatic rings. The molecule has 1 aliphatic carbocycles. The summed E-state index contributed by atoms with van der Waals surface area (Å²) in [7, 11) is 0. The Bertz CT molecular complexity index is 1170. The fraction of sp³-hybridized carbons (Fsp3) is 0.273. The van der Waals surface area contributed by atoms with E-state index in [0.717, 1.165) is 34.1 Å². The number of aliphatic imine (C=N–C) groups is 1. The molecule has 0 atom stereocenters. The maximum absolute atomic E-state index is 12.8. The zero-order valence-corrected chi connectivity index (χ0v) is 16.6. The van der Waals surface area contributed by atoms with E-state index in [2.05, 4.69) is 39.4 Å². The van der Waals surface area contributed by atoms with Crippen LogP contribution in [0.25, 0.3) is 16.1 Å². The van der Waals surface area contributed by atoms with Crippen molar-refractivity contribution in [1.29, 1.82) is 0 Å². The molecule has 0 spiro atoms. The molecule has 2 aromatic heterocycles. The first-order valence-corrected chi connectivity index (χ1v) is 10.8. The van der Waals surface area contributed by atoms with Gasteiger partial charge in [-0.3, -0.25) is 19.3 Å². The Hall–Kier alpha value is -3.06. The van der Waals surface area contributed by atoms with E-state index in [9.17, 15) is 4.79 Å². The first kappa shape index (κ1) is 16.9. The number of fused-ring (bicyclic) bond motifs is 3. The van der Waals surface area contributed by atoms with Gasteiger partial charge in [-0.05, 0) is 30.4 Å². The molecule has 0 radical (unpaired) electrons. The van der Waals surface area contributed by atoms with Gasteiger partial charge in [0, 0.05) is 36.5 Å². The zero-order valence-electron chi connectivity index (χ0n) is 15.8. The van der Waals surface area contributed by atoms with E-state index < -0.39 is 0 Å². The molecule has 1 amide bonds. The molecular formula is C22H19N5OS. The first-order chi connectivity index (χ1) is 14.3. The lowest BCUT2D eigenvalue weighted by atomic mass is 9.91. The van der Waals surface area contributed by atoms with Crippen LogP contribution >= 0.6 is 11.3 Å². The van der Waals surface area contributed by atoms with E-state index >= 15 is 0 Å². The molecule has 1 aromatic carbocycles. The van der Waals surface area contributed by atoms with E-state index in [0.29, 0.717) is 12.5 Å². The number of aromatic nitrogens is 3. The van der Waals surface area contributed by atoms with Crippen molar-refractivity contribution < 1.29 is 4.79 Å². The van der Waals surface area contributed by atoms with Gasteiger partial charge in [-0.15, -0.1) is 11.3 Å². The summed E-state index contributed by atoms with van der Waals surface area (Å²) in [6, 6.07) is 6.32. The van der Waals surface area contributed by atoms with Crippen molar-refractivity contribution in [1.82, 2.24) is 19.4 Å². The fourth-order valence-corrected chi connectivity index (χ4v) is 4.87. The third-order valence-corrected chi connectivity index (χ3v) is 6.64. The molecule has 3 aliphatic rings. The normalized spacial score (nSPS) is 18.6. The Morgan fingerprint density at radius 2 is 2.07 bits per heavy atom. The van der Waals surface area contributed by atoms with E-state index in [1.54, 1.807) is 11.3 Å². The van der Waals surface area contributed by atoms with Crippen molar-refractivity contribution in [3.63, 3.8) is 0 Å². The van der Waals surface area contributed by atoms with Gasteiger partial charge in [0.15, 0.2) is 0 Å². The molecule has 6 nitrogen and oxygen atoms in total. The number of imidazole rings is 1. The highest BCUT2D eigenvalue weighted by molar-refractivity contribution is 7.13.